The second-order valence-corrected chi connectivity index (χ2v) is 5.59. The first-order valence-corrected chi connectivity index (χ1v) is 7.03. The van der Waals surface area contributed by atoms with Gasteiger partial charge in [0.05, 0.1) is 18.3 Å². The Morgan fingerprint density at radius 3 is 3.05 bits per heavy atom. The van der Waals surface area contributed by atoms with Gasteiger partial charge in [-0.3, -0.25) is 4.79 Å². The van der Waals surface area contributed by atoms with E-state index in [0.717, 1.165) is 19.4 Å². The molecule has 1 amide bonds. The lowest BCUT2D eigenvalue weighted by Gasteiger charge is -2.29. The molecule has 0 aromatic heterocycles. The molecule has 3 nitrogen and oxygen atoms in total. The topological polar surface area (TPSA) is 33.5 Å². The smallest absolute Gasteiger partial charge is 0.279 e. The Morgan fingerprint density at radius 2 is 2.32 bits per heavy atom. The largest absolute Gasteiger partial charge is 0.325 e. The quantitative estimate of drug-likeness (QED) is 0.873. The zero-order chi connectivity index (χ0) is 13.8. The van der Waals surface area contributed by atoms with Gasteiger partial charge in [-0.2, -0.15) is 0 Å². The van der Waals surface area contributed by atoms with Crippen molar-refractivity contribution in [1.82, 2.24) is 0 Å². The summed E-state index contributed by atoms with van der Waals surface area (Å²) in [5.41, 5.74) is 0.154. The van der Waals surface area contributed by atoms with Crippen molar-refractivity contribution in [2.24, 2.45) is 0 Å². The van der Waals surface area contributed by atoms with E-state index < -0.39 is 5.82 Å². The number of halogens is 2. The molecule has 1 aromatic carbocycles. The highest BCUT2D eigenvalue weighted by Crippen LogP contribution is 2.19. The van der Waals surface area contributed by atoms with E-state index in [9.17, 15) is 9.18 Å². The van der Waals surface area contributed by atoms with Gasteiger partial charge in [0.25, 0.3) is 5.91 Å². The average Bonchev–Trinajstić information content (AvgIpc) is 2.37. The summed E-state index contributed by atoms with van der Waals surface area (Å²) >= 11 is 5.79. The molecule has 1 unspecified atom stereocenters. The molecule has 0 saturated carbocycles. The van der Waals surface area contributed by atoms with Gasteiger partial charge in [-0.1, -0.05) is 11.6 Å². The van der Waals surface area contributed by atoms with Gasteiger partial charge >= 0.3 is 0 Å². The highest BCUT2D eigenvalue weighted by Gasteiger charge is 2.24. The summed E-state index contributed by atoms with van der Waals surface area (Å²) in [6.45, 7) is 3.54. The second-order valence-electron chi connectivity index (χ2n) is 5.15. The summed E-state index contributed by atoms with van der Waals surface area (Å²) in [5, 5.41) is 3.01. The van der Waals surface area contributed by atoms with Crippen molar-refractivity contribution in [3.63, 3.8) is 0 Å². The predicted molar refractivity (Wildman–Crippen MR) is 74.0 cm³/mol. The van der Waals surface area contributed by atoms with Crippen LogP contribution >= 0.6 is 11.6 Å². The maximum absolute atomic E-state index is 13.5. The predicted octanol–water partition coefficient (Wildman–Crippen LogP) is 1.87. The molecule has 0 radical (unpaired) electrons. The van der Waals surface area contributed by atoms with Crippen LogP contribution < -0.4 is 10.2 Å². The molecule has 2 atom stereocenters. The van der Waals surface area contributed by atoms with E-state index in [1.54, 1.807) is 0 Å². The van der Waals surface area contributed by atoms with E-state index >= 15 is 0 Å². The number of rotatable bonds is 3. The van der Waals surface area contributed by atoms with Crippen LogP contribution in [0.15, 0.2) is 18.2 Å². The van der Waals surface area contributed by atoms with Gasteiger partial charge in [0.1, 0.15) is 5.82 Å². The number of benzene rings is 1. The number of hydrogen-bond acceptors (Lipinski definition) is 1. The molecular formula is C14H19ClFN2O+. The summed E-state index contributed by atoms with van der Waals surface area (Å²) in [7, 11) is 0. The van der Waals surface area contributed by atoms with Crippen LogP contribution in [0.3, 0.4) is 0 Å². The number of anilines is 1. The molecule has 0 spiro atoms. The first-order chi connectivity index (χ1) is 9.06. The monoisotopic (exact) mass is 285 g/mol. The van der Waals surface area contributed by atoms with Gasteiger partial charge in [0.15, 0.2) is 6.54 Å². The molecule has 0 aliphatic carbocycles. The molecule has 1 fully saturated rings. The van der Waals surface area contributed by atoms with Crippen molar-refractivity contribution in [3.05, 3.63) is 29.0 Å². The Balaban J connectivity index is 1.95. The summed E-state index contributed by atoms with van der Waals surface area (Å²) in [6, 6.07) is 4.64. The lowest BCUT2D eigenvalue weighted by atomic mass is 10.0. The minimum absolute atomic E-state index is 0.154. The van der Waals surface area contributed by atoms with Gasteiger partial charge in [-0.05, 0) is 44.4 Å². The Bertz CT molecular complexity index is 467. The van der Waals surface area contributed by atoms with Crippen LogP contribution in [0.2, 0.25) is 5.02 Å². The molecule has 2 rings (SSSR count). The molecule has 1 aliphatic heterocycles. The van der Waals surface area contributed by atoms with Gasteiger partial charge in [-0.15, -0.1) is 0 Å². The molecule has 19 heavy (non-hydrogen) atoms. The van der Waals surface area contributed by atoms with Crippen LogP contribution in [0.4, 0.5) is 10.1 Å². The van der Waals surface area contributed by atoms with E-state index in [2.05, 4.69) is 12.2 Å². The van der Waals surface area contributed by atoms with Crippen LogP contribution in [-0.2, 0) is 4.79 Å². The Hall–Kier alpha value is -1.13. The molecule has 1 aromatic rings. The molecule has 1 aliphatic rings. The third kappa shape index (κ3) is 3.91. The van der Waals surface area contributed by atoms with Crippen molar-refractivity contribution >= 4 is 23.2 Å². The Kier molecular flexibility index (Phi) is 4.77. The fraction of sp³-hybridized carbons (Fsp3) is 0.500. The SMILES string of the molecule is C[C@H]1CCCC[NH+]1CC(=O)Nc1cc(Cl)ccc1F. The first kappa shape index (κ1) is 14.3. The maximum atomic E-state index is 13.5. The fourth-order valence-electron chi connectivity index (χ4n) is 2.51. The lowest BCUT2D eigenvalue weighted by molar-refractivity contribution is -0.920. The van der Waals surface area contributed by atoms with Crippen LogP contribution in [-0.4, -0.2) is 25.0 Å². The third-order valence-electron chi connectivity index (χ3n) is 3.67. The van der Waals surface area contributed by atoms with Gasteiger partial charge in [-0.25, -0.2) is 4.39 Å². The highest BCUT2D eigenvalue weighted by atomic mass is 35.5. The van der Waals surface area contributed by atoms with Crippen LogP contribution in [0.25, 0.3) is 0 Å². The van der Waals surface area contributed by atoms with Gasteiger partial charge < -0.3 is 10.2 Å². The molecule has 2 N–H and O–H groups in total. The zero-order valence-electron chi connectivity index (χ0n) is 11.0. The third-order valence-corrected chi connectivity index (χ3v) is 3.91. The molecule has 1 heterocycles. The summed E-state index contributed by atoms with van der Waals surface area (Å²) in [6.07, 6.45) is 3.53. The molecule has 1 saturated heterocycles. The summed E-state index contributed by atoms with van der Waals surface area (Å²) in [5.74, 6) is -0.621. The average molecular weight is 286 g/mol. The van der Waals surface area contributed by atoms with Crippen LogP contribution in [0, 0.1) is 5.82 Å². The molecular weight excluding hydrogens is 267 g/mol. The van der Waals surface area contributed by atoms with Crippen molar-refractivity contribution in [3.8, 4) is 0 Å². The van der Waals surface area contributed by atoms with E-state index in [4.69, 9.17) is 11.6 Å². The fourth-order valence-corrected chi connectivity index (χ4v) is 2.68. The zero-order valence-corrected chi connectivity index (χ0v) is 11.8. The number of likely N-dealkylation sites (tertiary alicyclic amines) is 1. The maximum Gasteiger partial charge on any atom is 0.279 e. The van der Waals surface area contributed by atoms with Crippen LogP contribution in [0.5, 0.6) is 0 Å². The van der Waals surface area contributed by atoms with E-state index in [1.165, 1.54) is 29.5 Å². The standard InChI is InChI=1S/C14H18ClFN2O/c1-10-4-2-3-7-18(10)9-14(19)17-13-8-11(15)5-6-12(13)16/h5-6,8,10H,2-4,7,9H2,1H3,(H,17,19)/p+1/t10-/m0/s1. The lowest BCUT2D eigenvalue weighted by Crippen LogP contribution is -3.17. The number of hydrogen-bond donors (Lipinski definition) is 2. The number of nitrogens with one attached hydrogen (secondary N) is 2. The van der Waals surface area contributed by atoms with Crippen LogP contribution in [0.1, 0.15) is 26.2 Å². The summed E-state index contributed by atoms with van der Waals surface area (Å²) < 4.78 is 13.5. The number of carbonyl (C=O) groups is 1. The van der Waals surface area contributed by atoms with Gasteiger partial charge in [0, 0.05) is 5.02 Å². The number of carbonyl (C=O) groups excluding carboxylic acids is 1. The van der Waals surface area contributed by atoms with Crippen molar-refractivity contribution < 1.29 is 14.1 Å². The minimum atomic E-state index is -0.459. The van der Waals surface area contributed by atoms with Crippen molar-refractivity contribution in [2.45, 2.75) is 32.2 Å². The Morgan fingerprint density at radius 1 is 1.53 bits per heavy atom. The Labute approximate surface area is 117 Å². The minimum Gasteiger partial charge on any atom is -0.325 e. The van der Waals surface area contributed by atoms with E-state index in [1.807, 2.05) is 0 Å². The highest BCUT2D eigenvalue weighted by molar-refractivity contribution is 6.30. The molecule has 104 valence electrons. The number of amides is 1. The van der Waals surface area contributed by atoms with E-state index in [-0.39, 0.29) is 11.6 Å². The molecule has 0 bridgehead atoms. The van der Waals surface area contributed by atoms with Crippen molar-refractivity contribution in [2.75, 3.05) is 18.4 Å². The van der Waals surface area contributed by atoms with E-state index in [0.29, 0.717) is 17.6 Å². The normalized spacial score (nSPS) is 23.1. The molecule has 5 heteroatoms. The first-order valence-electron chi connectivity index (χ1n) is 6.66. The number of piperidine rings is 1. The second kappa shape index (κ2) is 6.35. The summed E-state index contributed by atoms with van der Waals surface area (Å²) in [4.78, 5) is 13.2. The number of quaternary nitrogens is 1. The van der Waals surface area contributed by atoms with Gasteiger partial charge in [0.2, 0.25) is 0 Å². The van der Waals surface area contributed by atoms with Crippen molar-refractivity contribution in [1.29, 1.82) is 0 Å².